The topological polar surface area (TPSA) is 17.1 Å². The molecule has 1 atom stereocenters. The van der Waals surface area contributed by atoms with Gasteiger partial charge in [-0.05, 0) is 12.3 Å². The molecule has 0 saturated carbocycles. The first-order chi connectivity index (χ1) is 5.75. The van der Waals surface area contributed by atoms with Gasteiger partial charge in [0.05, 0.1) is 0 Å². The second kappa shape index (κ2) is 4.78. The van der Waals surface area contributed by atoms with Gasteiger partial charge in [0, 0.05) is 11.3 Å². The summed E-state index contributed by atoms with van der Waals surface area (Å²) in [7, 11) is 0. The molecule has 0 rings (SSSR count). The molecule has 0 spiro atoms. The largest absolute Gasteiger partial charge is 0.299 e. The van der Waals surface area contributed by atoms with Gasteiger partial charge in [-0.15, -0.1) is 0 Å². The van der Waals surface area contributed by atoms with Crippen LogP contribution in [0.25, 0.3) is 0 Å². The Balaban J connectivity index is 3.98. The lowest BCUT2D eigenvalue weighted by Crippen LogP contribution is -2.26. The third-order valence-electron chi connectivity index (χ3n) is 2.36. The van der Waals surface area contributed by atoms with Gasteiger partial charge >= 0.3 is 0 Å². The van der Waals surface area contributed by atoms with Gasteiger partial charge in [0.1, 0.15) is 5.78 Å². The van der Waals surface area contributed by atoms with Crippen LogP contribution in [0.5, 0.6) is 0 Å². The molecule has 0 fully saturated rings. The minimum atomic E-state index is -0.170. The number of Topliss-reactive ketones (excluding diaryl/α,β-unsaturated/α-hetero) is 1. The SMILES string of the molecule is CC(C)CC[C@@H](C)C(=O)C(C)(C)C. The number of hydrogen-bond acceptors (Lipinski definition) is 1. The van der Waals surface area contributed by atoms with Crippen LogP contribution in [0.2, 0.25) is 0 Å². The highest BCUT2D eigenvalue weighted by Crippen LogP contribution is 2.23. The first-order valence-corrected chi connectivity index (χ1v) is 5.29. The maximum Gasteiger partial charge on any atom is 0.140 e. The van der Waals surface area contributed by atoms with Crippen molar-refractivity contribution in [2.45, 2.75) is 54.4 Å². The molecular formula is C12H24O. The molecule has 0 aromatic heterocycles. The van der Waals surface area contributed by atoms with Crippen molar-refractivity contribution in [3.05, 3.63) is 0 Å². The lowest BCUT2D eigenvalue weighted by Gasteiger charge is -2.22. The number of hydrogen-bond donors (Lipinski definition) is 0. The summed E-state index contributed by atoms with van der Waals surface area (Å²) in [6.45, 7) is 12.5. The molecule has 0 aliphatic heterocycles. The zero-order chi connectivity index (χ0) is 10.6. The highest BCUT2D eigenvalue weighted by molar-refractivity contribution is 5.85. The molecular weight excluding hydrogens is 160 g/mol. The van der Waals surface area contributed by atoms with Crippen molar-refractivity contribution in [3.8, 4) is 0 Å². The van der Waals surface area contributed by atoms with E-state index in [-0.39, 0.29) is 11.3 Å². The summed E-state index contributed by atoms with van der Waals surface area (Å²) in [5.74, 6) is 1.32. The molecule has 0 aromatic carbocycles. The fraction of sp³-hybridized carbons (Fsp3) is 0.917. The van der Waals surface area contributed by atoms with Crippen molar-refractivity contribution in [2.75, 3.05) is 0 Å². The second-order valence-electron chi connectivity index (χ2n) is 5.49. The zero-order valence-electron chi connectivity index (χ0n) is 9.98. The fourth-order valence-electron chi connectivity index (χ4n) is 1.45. The summed E-state index contributed by atoms with van der Waals surface area (Å²) in [4.78, 5) is 11.8. The van der Waals surface area contributed by atoms with Crippen molar-refractivity contribution in [2.24, 2.45) is 17.3 Å². The van der Waals surface area contributed by atoms with E-state index >= 15 is 0 Å². The molecule has 0 radical (unpaired) electrons. The van der Waals surface area contributed by atoms with E-state index in [0.29, 0.717) is 11.7 Å². The molecule has 0 aromatic rings. The molecule has 0 saturated heterocycles. The van der Waals surface area contributed by atoms with Crippen LogP contribution in [0.3, 0.4) is 0 Å². The van der Waals surface area contributed by atoms with Crippen molar-refractivity contribution in [1.82, 2.24) is 0 Å². The first-order valence-electron chi connectivity index (χ1n) is 5.29. The zero-order valence-corrected chi connectivity index (χ0v) is 9.98. The first kappa shape index (κ1) is 12.7. The molecule has 0 aliphatic rings. The summed E-state index contributed by atoms with van der Waals surface area (Å²) in [6, 6.07) is 0. The molecule has 78 valence electrons. The third kappa shape index (κ3) is 5.07. The Morgan fingerprint density at radius 2 is 1.54 bits per heavy atom. The smallest absolute Gasteiger partial charge is 0.140 e. The van der Waals surface area contributed by atoms with Crippen LogP contribution in [0.1, 0.15) is 54.4 Å². The molecule has 1 nitrogen and oxygen atoms in total. The summed E-state index contributed by atoms with van der Waals surface area (Å²) >= 11 is 0. The predicted molar refractivity (Wildman–Crippen MR) is 57.7 cm³/mol. The standard InChI is InChI=1S/C12H24O/c1-9(2)7-8-10(3)11(13)12(4,5)6/h9-10H,7-8H2,1-6H3/t10-/m1/s1. The minimum Gasteiger partial charge on any atom is -0.299 e. The van der Waals surface area contributed by atoms with Crippen LogP contribution in [-0.4, -0.2) is 5.78 Å². The second-order valence-corrected chi connectivity index (χ2v) is 5.49. The third-order valence-corrected chi connectivity index (χ3v) is 2.36. The van der Waals surface area contributed by atoms with Crippen LogP contribution < -0.4 is 0 Å². The average Bonchev–Trinajstić information content (AvgIpc) is 1.96. The normalized spacial score (nSPS) is 14.7. The van der Waals surface area contributed by atoms with Gasteiger partial charge in [-0.3, -0.25) is 4.79 Å². The number of carbonyl (C=O) groups is 1. The van der Waals surface area contributed by atoms with Gasteiger partial charge in [0.2, 0.25) is 0 Å². The van der Waals surface area contributed by atoms with E-state index in [1.54, 1.807) is 0 Å². The Hall–Kier alpha value is -0.330. The highest BCUT2D eigenvalue weighted by atomic mass is 16.1. The van der Waals surface area contributed by atoms with Crippen LogP contribution in [0.4, 0.5) is 0 Å². The minimum absolute atomic E-state index is 0.170. The lowest BCUT2D eigenvalue weighted by atomic mass is 9.81. The van der Waals surface area contributed by atoms with Crippen molar-refractivity contribution in [3.63, 3.8) is 0 Å². The van der Waals surface area contributed by atoms with Crippen molar-refractivity contribution < 1.29 is 4.79 Å². The van der Waals surface area contributed by atoms with Crippen LogP contribution >= 0.6 is 0 Å². The van der Waals surface area contributed by atoms with E-state index in [0.717, 1.165) is 12.8 Å². The van der Waals surface area contributed by atoms with Gasteiger partial charge in [0.25, 0.3) is 0 Å². The van der Waals surface area contributed by atoms with Crippen molar-refractivity contribution in [1.29, 1.82) is 0 Å². The molecule has 0 heterocycles. The Morgan fingerprint density at radius 3 is 1.85 bits per heavy atom. The number of rotatable bonds is 4. The molecule has 0 unspecified atom stereocenters. The molecule has 0 bridgehead atoms. The van der Waals surface area contributed by atoms with E-state index in [2.05, 4.69) is 20.8 Å². The van der Waals surface area contributed by atoms with E-state index in [9.17, 15) is 4.79 Å². The fourth-order valence-corrected chi connectivity index (χ4v) is 1.45. The Bertz CT molecular complexity index is 162. The predicted octanol–water partition coefficient (Wildman–Crippen LogP) is 3.67. The van der Waals surface area contributed by atoms with Gasteiger partial charge < -0.3 is 0 Å². The Morgan fingerprint density at radius 1 is 1.08 bits per heavy atom. The van der Waals surface area contributed by atoms with Gasteiger partial charge in [0.15, 0.2) is 0 Å². The number of ketones is 1. The van der Waals surface area contributed by atoms with E-state index in [1.165, 1.54) is 0 Å². The van der Waals surface area contributed by atoms with Crippen LogP contribution in [-0.2, 0) is 4.79 Å². The quantitative estimate of drug-likeness (QED) is 0.651. The van der Waals surface area contributed by atoms with Crippen LogP contribution in [0.15, 0.2) is 0 Å². The Labute approximate surface area is 82.9 Å². The lowest BCUT2D eigenvalue weighted by molar-refractivity contribution is -0.130. The summed E-state index contributed by atoms with van der Waals surface area (Å²) in [6.07, 6.45) is 2.19. The molecule has 1 heteroatoms. The maximum absolute atomic E-state index is 11.8. The van der Waals surface area contributed by atoms with E-state index in [1.807, 2.05) is 20.8 Å². The van der Waals surface area contributed by atoms with E-state index < -0.39 is 0 Å². The highest BCUT2D eigenvalue weighted by Gasteiger charge is 2.26. The summed E-state index contributed by atoms with van der Waals surface area (Å²) in [5.41, 5.74) is -0.170. The van der Waals surface area contributed by atoms with Crippen LogP contribution in [0, 0.1) is 17.3 Å². The Kier molecular flexibility index (Phi) is 4.66. The monoisotopic (exact) mass is 184 g/mol. The number of carbonyl (C=O) groups excluding carboxylic acids is 1. The molecule has 0 N–H and O–H groups in total. The van der Waals surface area contributed by atoms with E-state index in [4.69, 9.17) is 0 Å². The average molecular weight is 184 g/mol. The molecule has 0 amide bonds. The van der Waals surface area contributed by atoms with Gasteiger partial charge in [-0.25, -0.2) is 0 Å². The summed E-state index contributed by atoms with van der Waals surface area (Å²) < 4.78 is 0. The molecule has 13 heavy (non-hydrogen) atoms. The van der Waals surface area contributed by atoms with Gasteiger partial charge in [-0.1, -0.05) is 48.0 Å². The molecule has 0 aliphatic carbocycles. The maximum atomic E-state index is 11.8. The summed E-state index contributed by atoms with van der Waals surface area (Å²) in [5, 5.41) is 0. The van der Waals surface area contributed by atoms with Crippen molar-refractivity contribution >= 4 is 5.78 Å². The van der Waals surface area contributed by atoms with Gasteiger partial charge in [-0.2, -0.15) is 0 Å².